The smallest absolute Gasteiger partial charge is 0.222 e. The molecule has 1 aromatic carbocycles. The lowest BCUT2D eigenvalue weighted by Crippen LogP contribution is -2.27. The van der Waals surface area contributed by atoms with Gasteiger partial charge < -0.3 is 14.4 Å². The highest BCUT2D eigenvalue weighted by Gasteiger charge is 2.11. The summed E-state index contributed by atoms with van der Waals surface area (Å²) >= 11 is 0. The van der Waals surface area contributed by atoms with E-state index in [0.29, 0.717) is 12.8 Å². The number of unbranched alkanes of at least 4 members (excludes halogenated alkanes) is 1. The topological polar surface area (TPSA) is 38.8 Å². The Balaban J connectivity index is 2.62. The highest BCUT2D eigenvalue weighted by molar-refractivity contribution is 5.76. The van der Waals surface area contributed by atoms with E-state index in [-0.39, 0.29) is 5.91 Å². The lowest BCUT2D eigenvalue weighted by Gasteiger charge is -2.17. The molecule has 0 heterocycles. The molecule has 0 saturated carbocycles. The second-order valence-electron chi connectivity index (χ2n) is 4.85. The summed E-state index contributed by atoms with van der Waals surface area (Å²) < 4.78 is 10.5. The summed E-state index contributed by atoms with van der Waals surface area (Å²) in [5.41, 5.74) is 1.00. The van der Waals surface area contributed by atoms with Gasteiger partial charge in [0, 0.05) is 20.0 Å². The summed E-state index contributed by atoms with van der Waals surface area (Å²) in [7, 11) is 5.14. The number of methoxy groups -OCH3 is 2. The standard InChI is InChI=1S/C16H25NO3/c1-5-6-11-17(2)16(18)10-7-13-12-14(19-3)8-9-15(13)20-4/h8-9,12H,5-7,10-11H2,1-4H3. The number of nitrogens with zero attached hydrogens (tertiary/aromatic N) is 1. The number of rotatable bonds is 8. The minimum atomic E-state index is 0.170. The molecule has 0 radical (unpaired) electrons. The van der Waals surface area contributed by atoms with Crippen molar-refractivity contribution in [3.05, 3.63) is 23.8 Å². The van der Waals surface area contributed by atoms with E-state index < -0.39 is 0 Å². The maximum atomic E-state index is 12.0. The number of carbonyl (C=O) groups is 1. The molecule has 1 aromatic rings. The minimum Gasteiger partial charge on any atom is -0.497 e. The van der Waals surface area contributed by atoms with E-state index in [1.165, 1.54) is 0 Å². The number of aryl methyl sites for hydroxylation is 1. The van der Waals surface area contributed by atoms with E-state index in [4.69, 9.17) is 9.47 Å². The molecule has 1 rings (SSSR count). The summed E-state index contributed by atoms with van der Waals surface area (Å²) in [6.45, 7) is 2.95. The van der Waals surface area contributed by atoms with Crippen molar-refractivity contribution in [1.82, 2.24) is 4.90 Å². The molecule has 20 heavy (non-hydrogen) atoms. The summed E-state index contributed by atoms with van der Waals surface area (Å²) in [5.74, 6) is 1.76. The molecule has 0 aliphatic heterocycles. The molecule has 4 heteroatoms. The second kappa shape index (κ2) is 8.46. The first-order chi connectivity index (χ1) is 9.62. The third kappa shape index (κ3) is 4.76. The average Bonchev–Trinajstić information content (AvgIpc) is 2.49. The first-order valence-corrected chi connectivity index (χ1v) is 7.07. The van der Waals surface area contributed by atoms with Crippen molar-refractivity contribution >= 4 is 5.91 Å². The lowest BCUT2D eigenvalue weighted by molar-refractivity contribution is -0.129. The van der Waals surface area contributed by atoms with Gasteiger partial charge in [-0.2, -0.15) is 0 Å². The third-order valence-corrected chi connectivity index (χ3v) is 3.37. The Bertz CT molecular complexity index is 432. The predicted octanol–water partition coefficient (Wildman–Crippen LogP) is 2.89. The van der Waals surface area contributed by atoms with Crippen LogP contribution >= 0.6 is 0 Å². The van der Waals surface area contributed by atoms with Crippen molar-refractivity contribution in [3.63, 3.8) is 0 Å². The van der Waals surface area contributed by atoms with Gasteiger partial charge in [-0.1, -0.05) is 13.3 Å². The van der Waals surface area contributed by atoms with E-state index in [2.05, 4.69) is 6.92 Å². The Morgan fingerprint density at radius 2 is 2.00 bits per heavy atom. The highest BCUT2D eigenvalue weighted by atomic mass is 16.5. The van der Waals surface area contributed by atoms with Crippen molar-refractivity contribution in [3.8, 4) is 11.5 Å². The van der Waals surface area contributed by atoms with Gasteiger partial charge in [0.1, 0.15) is 11.5 Å². The van der Waals surface area contributed by atoms with Crippen LogP contribution in [0.2, 0.25) is 0 Å². The zero-order chi connectivity index (χ0) is 15.0. The molecule has 0 atom stereocenters. The second-order valence-corrected chi connectivity index (χ2v) is 4.85. The Labute approximate surface area is 121 Å². The van der Waals surface area contributed by atoms with Crippen LogP contribution in [0.5, 0.6) is 11.5 Å². The fraction of sp³-hybridized carbons (Fsp3) is 0.562. The van der Waals surface area contributed by atoms with E-state index >= 15 is 0 Å². The van der Waals surface area contributed by atoms with Gasteiger partial charge in [-0.25, -0.2) is 0 Å². The van der Waals surface area contributed by atoms with E-state index in [9.17, 15) is 4.79 Å². The normalized spacial score (nSPS) is 10.2. The molecule has 0 bridgehead atoms. The fourth-order valence-corrected chi connectivity index (χ4v) is 2.03. The first-order valence-electron chi connectivity index (χ1n) is 7.07. The van der Waals surface area contributed by atoms with Crippen LogP contribution in [0.1, 0.15) is 31.7 Å². The van der Waals surface area contributed by atoms with E-state index in [1.807, 2.05) is 25.2 Å². The van der Waals surface area contributed by atoms with Gasteiger partial charge in [-0.3, -0.25) is 4.79 Å². The number of ether oxygens (including phenoxy) is 2. The Morgan fingerprint density at radius 3 is 2.60 bits per heavy atom. The van der Waals surface area contributed by atoms with Crippen molar-refractivity contribution in [2.45, 2.75) is 32.6 Å². The maximum absolute atomic E-state index is 12.0. The van der Waals surface area contributed by atoms with Crippen LogP contribution in [0.4, 0.5) is 0 Å². The molecule has 0 spiro atoms. The largest absolute Gasteiger partial charge is 0.497 e. The maximum Gasteiger partial charge on any atom is 0.222 e. The predicted molar refractivity (Wildman–Crippen MR) is 80.4 cm³/mol. The summed E-state index contributed by atoms with van der Waals surface area (Å²) in [5, 5.41) is 0. The van der Waals surface area contributed by atoms with Gasteiger partial charge in [0.25, 0.3) is 0 Å². The van der Waals surface area contributed by atoms with Crippen molar-refractivity contribution in [2.24, 2.45) is 0 Å². The molecule has 0 N–H and O–H groups in total. The molecule has 112 valence electrons. The number of hydrogen-bond acceptors (Lipinski definition) is 3. The van der Waals surface area contributed by atoms with Gasteiger partial charge in [0.15, 0.2) is 0 Å². The molecular weight excluding hydrogens is 254 g/mol. The van der Waals surface area contributed by atoms with Gasteiger partial charge >= 0.3 is 0 Å². The van der Waals surface area contributed by atoms with Crippen LogP contribution in [-0.4, -0.2) is 38.6 Å². The van der Waals surface area contributed by atoms with Gasteiger partial charge in [0.05, 0.1) is 14.2 Å². The molecule has 0 fully saturated rings. The molecule has 0 aliphatic rings. The quantitative estimate of drug-likeness (QED) is 0.734. The molecular formula is C16H25NO3. The van der Waals surface area contributed by atoms with Crippen molar-refractivity contribution in [2.75, 3.05) is 27.8 Å². The molecule has 0 saturated heterocycles. The minimum absolute atomic E-state index is 0.170. The van der Waals surface area contributed by atoms with Crippen LogP contribution in [0.25, 0.3) is 0 Å². The number of carbonyl (C=O) groups excluding carboxylic acids is 1. The highest BCUT2D eigenvalue weighted by Crippen LogP contribution is 2.25. The number of hydrogen-bond donors (Lipinski definition) is 0. The molecule has 1 amide bonds. The van der Waals surface area contributed by atoms with Gasteiger partial charge in [-0.05, 0) is 36.6 Å². The van der Waals surface area contributed by atoms with Gasteiger partial charge in [-0.15, -0.1) is 0 Å². The Kier molecular flexibility index (Phi) is 6.91. The summed E-state index contributed by atoms with van der Waals surface area (Å²) in [4.78, 5) is 13.8. The fourth-order valence-electron chi connectivity index (χ4n) is 2.03. The third-order valence-electron chi connectivity index (χ3n) is 3.37. The molecule has 4 nitrogen and oxygen atoms in total. The van der Waals surface area contributed by atoms with Crippen LogP contribution in [0.15, 0.2) is 18.2 Å². The van der Waals surface area contributed by atoms with Crippen LogP contribution in [0, 0.1) is 0 Å². The summed E-state index contributed by atoms with van der Waals surface area (Å²) in [6, 6.07) is 5.66. The van der Waals surface area contributed by atoms with Crippen molar-refractivity contribution < 1.29 is 14.3 Å². The lowest BCUT2D eigenvalue weighted by atomic mass is 10.1. The first kappa shape index (κ1) is 16.3. The van der Waals surface area contributed by atoms with Crippen LogP contribution in [-0.2, 0) is 11.2 Å². The Morgan fingerprint density at radius 1 is 1.25 bits per heavy atom. The van der Waals surface area contributed by atoms with Gasteiger partial charge in [0.2, 0.25) is 5.91 Å². The molecule has 0 aromatic heterocycles. The molecule has 0 unspecified atom stereocenters. The monoisotopic (exact) mass is 279 g/mol. The van der Waals surface area contributed by atoms with E-state index in [0.717, 1.165) is 36.4 Å². The average molecular weight is 279 g/mol. The zero-order valence-corrected chi connectivity index (χ0v) is 12.9. The SMILES string of the molecule is CCCCN(C)C(=O)CCc1cc(OC)ccc1OC. The van der Waals surface area contributed by atoms with E-state index in [1.54, 1.807) is 19.1 Å². The van der Waals surface area contributed by atoms with Crippen LogP contribution in [0.3, 0.4) is 0 Å². The number of amides is 1. The van der Waals surface area contributed by atoms with Crippen LogP contribution < -0.4 is 9.47 Å². The summed E-state index contributed by atoms with van der Waals surface area (Å²) in [6.07, 6.45) is 3.30. The zero-order valence-electron chi connectivity index (χ0n) is 12.9. The Hall–Kier alpha value is -1.71. The number of benzene rings is 1. The van der Waals surface area contributed by atoms with Crippen molar-refractivity contribution in [1.29, 1.82) is 0 Å². The molecule has 0 aliphatic carbocycles.